The van der Waals surface area contributed by atoms with E-state index < -0.39 is 0 Å². The molecule has 0 unspecified atom stereocenters. The maximum absolute atomic E-state index is 12.8. The second-order valence-electron chi connectivity index (χ2n) is 10.2. The van der Waals surface area contributed by atoms with Gasteiger partial charge in [-0.25, -0.2) is 9.78 Å². The Morgan fingerprint density at radius 3 is 2.38 bits per heavy atom. The average Bonchev–Trinajstić information content (AvgIpc) is 2.72. The van der Waals surface area contributed by atoms with Gasteiger partial charge in [0.2, 0.25) is 5.91 Å². The Kier molecular flexibility index (Phi) is 5.30. The third-order valence-electron chi connectivity index (χ3n) is 7.37. The first kappa shape index (κ1) is 20.2. The van der Waals surface area contributed by atoms with Crippen LogP contribution in [0.4, 0.5) is 10.6 Å². The zero-order chi connectivity index (χ0) is 20.6. The first-order chi connectivity index (χ1) is 13.8. The maximum Gasteiger partial charge on any atom is 0.317 e. The summed E-state index contributed by atoms with van der Waals surface area (Å²) in [5.41, 5.74) is 0.0632. The molecule has 6 nitrogen and oxygen atoms in total. The number of pyridine rings is 1. The molecule has 158 valence electrons. The number of β-lactam (4-membered cyclic amide) rings is 1. The fourth-order valence-corrected chi connectivity index (χ4v) is 5.22. The lowest BCUT2D eigenvalue weighted by Gasteiger charge is -2.52. The van der Waals surface area contributed by atoms with Crippen LogP contribution in [0.5, 0.6) is 0 Å². The Morgan fingerprint density at radius 1 is 1.14 bits per heavy atom. The summed E-state index contributed by atoms with van der Waals surface area (Å²) in [5, 5.41) is 3.25. The Balaban J connectivity index is 1.24. The average molecular weight is 399 g/mol. The van der Waals surface area contributed by atoms with E-state index in [0.717, 1.165) is 44.0 Å². The van der Waals surface area contributed by atoms with Crippen LogP contribution in [0.2, 0.25) is 0 Å². The third-order valence-corrected chi connectivity index (χ3v) is 7.37. The van der Waals surface area contributed by atoms with E-state index in [1.165, 1.54) is 12.8 Å². The van der Waals surface area contributed by atoms with Crippen molar-refractivity contribution in [2.24, 2.45) is 16.7 Å². The number of rotatable bonds is 2. The van der Waals surface area contributed by atoms with E-state index in [1.54, 1.807) is 11.1 Å². The van der Waals surface area contributed by atoms with Crippen molar-refractivity contribution in [3.8, 4) is 0 Å². The van der Waals surface area contributed by atoms with Crippen LogP contribution >= 0.6 is 0 Å². The van der Waals surface area contributed by atoms with Gasteiger partial charge in [-0.1, -0.05) is 26.8 Å². The quantitative estimate of drug-likeness (QED) is 0.770. The van der Waals surface area contributed by atoms with E-state index in [4.69, 9.17) is 0 Å². The number of anilines is 1. The van der Waals surface area contributed by atoms with E-state index in [1.807, 2.05) is 23.1 Å². The van der Waals surface area contributed by atoms with Crippen LogP contribution in [0.1, 0.15) is 59.3 Å². The first-order valence-electron chi connectivity index (χ1n) is 11.1. The van der Waals surface area contributed by atoms with Gasteiger partial charge in [0.05, 0.1) is 5.41 Å². The molecule has 1 aromatic heterocycles. The molecule has 4 rings (SSSR count). The van der Waals surface area contributed by atoms with Gasteiger partial charge in [0.15, 0.2) is 0 Å². The molecule has 1 N–H and O–H groups in total. The zero-order valence-corrected chi connectivity index (χ0v) is 18.0. The molecule has 2 saturated heterocycles. The molecular weight excluding hydrogens is 364 g/mol. The first-order valence-corrected chi connectivity index (χ1v) is 11.1. The summed E-state index contributed by atoms with van der Waals surface area (Å²) in [4.78, 5) is 33.5. The van der Waals surface area contributed by atoms with Crippen molar-refractivity contribution >= 4 is 17.8 Å². The standard InChI is InChI=1S/C23H34N4O2/c1-22(2,3)17-7-9-18(10-8-17)25-21(29)26-14-11-23(12-15-26)16-27(20(23)28)19-6-4-5-13-24-19/h4-6,13,17-18H,7-12,14-16H2,1-3H3,(H,25,29)/t17-,18+. The van der Waals surface area contributed by atoms with Crippen molar-refractivity contribution in [3.63, 3.8) is 0 Å². The highest BCUT2D eigenvalue weighted by molar-refractivity contribution is 6.04. The van der Waals surface area contributed by atoms with E-state index in [9.17, 15) is 9.59 Å². The number of piperidine rings is 1. The molecule has 0 atom stereocenters. The van der Waals surface area contributed by atoms with Gasteiger partial charge in [-0.3, -0.25) is 9.69 Å². The van der Waals surface area contributed by atoms with Gasteiger partial charge < -0.3 is 10.2 Å². The smallest absolute Gasteiger partial charge is 0.317 e. The molecule has 1 spiro atoms. The van der Waals surface area contributed by atoms with E-state index in [2.05, 4.69) is 31.1 Å². The lowest BCUT2D eigenvalue weighted by molar-refractivity contribution is -0.138. The Bertz CT molecular complexity index is 742. The van der Waals surface area contributed by atoms with Crippen LogP contribution in [0, 0.1) is 16.7 Å². The minimum Gasteiger partial charge on any atom is -0.335 e. The van der Waals surface area contributed by atoms with Gasteiger partial charge in [0.25, 0.3) is 0 Å². The van der Waals surface area contributed by atoms with Crippen LogP contribution in [0.25, 0.3) is 0 Å². The number of hydrogen-bond acceptors (Lipinski definition) is 3. The monoisotopic (exact) mass is 398 g/mol. The van der Waals surface area contributed by atoms with Crippen LogP contribution in [-0.2, 0) is 4.79 Å². The number of carbonyl (C=O) groups excluding carboxylic acids is 2. The molecule has 29 heavy (non-hydrogen) atoms. The minimum absolute atomic E-state index is 0.0485. The molecule has 0 aromatic carbocycles. The van der Waals surface area contributed by atoms with E-state index in [-0.39, 0.29) is 17.4 Å². The van der Waals surface area contributed by atoms with Crippen molar-refractivity contribution in [1.82, 2.24) is 15.2 Å². The topological polar surface area (TPSA) is 65.5 Å². The zero-order valence-electron chi connectivity index (χ0n) is 18.0. The number of likely N-dealkylation sites (tertiary alicyclic amines) is 1. The molecule has 0 bridgehead atoms. The number of urea groups is 1. The van der Waals surface area contributed by atoms with Gasteiger partial charge in [0.1, 0.15) is 5.82 Å². The summed E-state index contributed by atoms with van der Waals surface area (Å²) in [6, 6.07) is 5.98. The molecule has 1 aliphatic carbocycles. The largest absolute Gasteiger partial charge is 0.335 e. The fourth-order valence-electron chi connectivity index (χ4n) is 5.22. The molecular formula is C23H34N4O2. The SMILES string of the molecule is CC(C)(C)[C@H]1CC[C@@H](NC(=O)N2CCC3(CC2)CN(c2ccccn2)C3=O)CC1. The summed E-state index contributed by atoms with van der Waals surface area (Å²) in [7, 11) is 0. The van der Waals surface area contributed by atoms with Gasteiger partial charge in [-0.05, 0) is 62.0 Å². The number of nitrogens with one attached hydrogen (secondary N) is 1. The molecule has 1 aromatic rings. The summed E-state index contributed by atoms with van der Waals surface area (Å²) in [5.74, 6) is 1.64. The van der Waals surface area contributed by atoms with Crippen LogP contribution in [0.15, 0.2) is 24.4 Å². The molecule has 3 fully saturated rings. The molecule has 3 aliphatic rings. The summed E-state index contributed by atoms with van der Waals surface area (Å²) >= 11 is 0. The van der Waals surface area contributed by atoms with Crippen molar-refractivity contribution in [2.75, 3.05) is 24.5 Å². The predicted molar refractivity (Wildman–Crippen MR) is 114 cm³/mol. The van der Waals surface area contributed by atoms with Crippen LogP contribution in [0.3, 0.4) is 0 Å². The van der Waals surface area contributed by atoms with Gasteiger partial charge in [-0.15, -0.1) is 0 Å². The van der Waals surface area contributed by atoms with Gasteiger partial charge in [-0.2, -0.15) is 0 Å². The molecule has 2 aliphatic heterocycles. The maximum atomic E-state index is 12.8. The number of carbonyl (C=O) groups is 2. The van der Waals surface area contributed by atoms with E-state index >= 15 is 0 Å². The predicted octanol–water partition coefficient (Wildman–Crippen LogP) is 3.82. The normalized spacial score (nSPS) is 26.9. The third kappa shape index (κ3) is 3.99. The molecule has 0 radical (unpaired) electrons. The fraction of sp³-hybridized carbons (Fsp3) is 0.696. The Morgan fingerprint density at radius 2 is 1.83 bits per heavy atom. The highest BCUT2D eigenvalue weighted by atomic mass is 16.2. The van der Waals surface area contributed by atoms with Crippen molar-refractivity contribution in [3.05, 3.63) is 24.4 Å². The Labute approximate surface area is 174 Å². The van der Waals surface area contributed by atoms with Gasteiger partial charge >= 0.3 is 6.03 Å². The molecule has 3 amide bonds. The van der Waals surface area contributed by atoms with Crippen molar-refractivity contribution in [2.45, 2.75) is 65.3 Å². The van der Waals surface area contributed by atoms with Crippen LogP contribution in [-0.4, -0.2) is 47.5 Å². The number of nitrogens with zero attached hydrogens (tertiary/aromatic N) is 3. The van der Waals surface area contributed by atoms with Crippen LogP contribution < -0.4 is 10.2 Å². The lowest BCUT2D eigenvalue weighted by atomic mass is 9.71. The molecule has 6 heteroatoms. The second kappa shape index (κ2) is 7.62. The summed E-state index contributed by atoms with van der Waals surface area (Å²) in [6.07, 6.45) is 7.74. The van der Waals surface area contributed by atoms with Crippen molar-refractivity contribution in [1.29, 1.82) is 0 Å². The molecule has 1 saturated carbocycles. The lowest BCUT2D eigenvalue weighted by Crippen LogP contribution is -2.66. The number of aromatic nitrogens is 1. The number of hydrogen-bond donors (Lipinski definition) is 1. The van der Waals surface area contributed by atoms with Gasteiger partial charge in [0, 0.05) is 31.9 Å². The minimum atomic E-state index is -0.293. The Hall–Kier alpha value is -2.11. The molecule has 3 heterocycles. The number of amides is 3. The summed E-state index contributed by atoms with van der Waals surface area (Å²) < 4.78 is 0. The van der Waals surface area contributed by atoms with Crippen molar-refractivity contribution < 1.29 is 9.59 Å². The highest BCUT2D eigenvalue weighted by Crippen LogP contribution is 2.43. The summed E-state index contributed by atoms with van der Waals surface area (Å²) in [6.45, 7) is 8.98. The highest BCUT2D eigenvalue weighted by Gasteiger charge is 2.54. The van der Waals surface area contributed by atoms with E-state index in [0.29, 0.717) is 24.5 Å². The second-order valence-corrected chi connectivity index (χ2v) is 10.2.